The molecule has 0 bridgehead atoms. The molecule has 1 heterocycles. The van der Waals surface area contributed by atoms with E-state index < -0.39 is 26.6 Å². The van der Waals surface area contributed by atoms with Crippen molar-refractivity contribution in [2.24, 2.45) is 23.3 Å². The second-order valence-corrected chi connectivity index (χ2v) is 9.72. The Kier molecular flexibility index (Phi) is 6.66. The van der Waals surface area contributed by atoms with Crippen LogP contribution in [0.3, 0.4) is 0 Å². The molecule has 2 aromatic rings. The van der Waals surface area contributed by atoms with Crippen molar-refractivity contribution in [3.05, 3.63) is 30.1 Å². The van der Waals surface area contributed by atoms with Crippen molar-refractivity contribution in [1.29, 1.82) is 0 Å². The van der Waals surface area contributed by atoms with Gasteiger partial charge >= 0.3 is 0 Å². The Morgan fingerprint density at radius 3 is 2.55 bits per heavy atom. The fourth-order valence-electron chi connectivity index (χ4n) is 3.33. The van der Waals surface area contributed by atoms with Gasteiger partial charge in [0.05, 0.1) is 5.69 Å². The molecule has 3 rings (SSSR count). The molecule has 0 amide bonds. The van der Waals surface area contributed by atoms with E-state index in [9.17, 15) is 17.2 Å². The summed E-state index contributed by atoms with van der Waals surface area (Å²) in [6, 6.07) is 1.08. The number of aromatic nitrogens is 2. The fraction of sp³-hybridized carbons (Fsp3) is 0.529. The SMILES string of the molecule is C[C@@H](N)C(CNc1cc(F)c(S(=O)(=O)Nc2ncns2)cc1F)C(N)C1CCC1. The first kappa shape index (κ1) is 21.8. The molecule has 0 radical (unpaired) electrons. The largest absolute Gasteiger partial charge is 0.382 e. The lowest BCUT2D eigenvalue weighted by atomic mass is 9.73. The van der Waals surface area contributed by atoms with Gasteiger partial charge in [-0.15, -0.1) is 0 Å². The number of nitrogens with zero attached hydrogens (tertiary/aromatic N) is 2. The molecule has 0 aliphatic heterocycles. The average molecular weight is 447 g/mol. The zero-order valence-corrected chi connectivity index (χ0v) is 17.4. The second-order valence-electron chi connectivity index (χ2n) is 7.29. The lowest BCUT2D eigenvalue weighted by molar-refractivity contribution is 0.198. The summed E-state index contributed by atoms with van der Waals surface area (Å²) in [5, 5.41) is 2.79. The summed E-state index contributed by atoms with van der Waals surface area (Å²) in [7, 11) is -4.34. The van der Waals surface area contributed by atoms with Crippen LogP contribution >= 0.6 is 11.5 Å². The highest BCUT2D eigenvalue weighted by atomic mass is 32.2. The van der Waals surface area contributed by atoms with Crippen molar-refractivity contribution in [3.63, 3.8) is 0 Å². The lowest BCUT2D eigenvalue weighted by Gasteiger charge is -2.38. The smallest absolute Gasteiger partial charge is 0.266 e. The number of sulfonamides is 1. The summed E-state index contributed by atoms with van der Waals surface area (Å²) in [5.74, 6) is -1.74. The Hall–Kier alpha value is -1.89. The lowest BCUT2D eigenvalue weighted by Crippen LogP contribution is -2.50. The molecule has 1 fully saturated rings. The number of nitrogens with two attached hydrogens (primary N) is 2. The minimum absolute atomic E-state index is 0.0447. The number of hydrogen-bond acceptors (Lipinski definition) is 8. The normalized spacial score (nSPS) is 18.0. The summed E-state index contributed by atoms with van der Waals surface area (Å²) in [5.41, 5.74) is 12.2. The van der Waals surface area contributed by atoms with Crippen LogP contribution in [0.25, 0.3) is 0 Å². The number of rotatable bonds is 9. The van der Waals surface area contributed by atoms with Crippen LogP contribution in [-0.2, 0) is 10.0 Å². The van der Waals surface area contributed by atoms with Gasteiger partial charge in [0.2, 0.25) is 5.13 Å². The third-order valence-electron chi connectivity index (χ3n) is 5.29. The molecule has 8 nitrogen and oxygen atoms in total. The maximum absolute atomic E-state index is 14.5. The Labute approximate surface area is 172 Å². The molecule has 1 aliphatic rings. The van der Waals surface area contributed by atoms with Crippen molar-refractivity contribution < 1.29 is 17.2 Å². The maximum atomic E-state index is 14.5. The van der Waals surface area contributed by atoms with E-state index in [2.05, 4.69) is 19.4 Å². The van der Waals surface area contributed by atoms with Crippen molar-refractivity contribution >= 4 is 32.4 Å². The van der Waals surface area contributed by atoms with Crippen molar-refractivity contribution in [3.8, 4) is 0 Å². The second kappa shape index (κ2) is 8.86. The van der Waals surface area contributed by atoms with E-state index in [0.29, 0.717) is 12.0 Å². The van der Waals surface area contributed by atoms with Crippen molar-refractivity contribution in [1.82, 2.24) is 9.36 Å². The van der Waals surface area contributed by atoms with E-state index in [1.807, 2.05) is 6.92 Å². The molecule has 1 saturated carbocycles. The monoisotopic (exact) mass is 446 g/mol. The molecule has 2 unspecified atom stereocenters. The molecule has 0 spiro atoms. The molecule has 0 saturated heterocycles. The minimum atomic E-state index is -4.34. The van der Waals surface area contributed by atoms with E-state index in [-0.39, 0.29) is 35.4 Å². The minimum Gasteiger partial charge on any atom is -0.382 e. The van der Waals surface area contributed by atoms with Crippen LogP contribution in [-0.4, -0.2) is 36.4 Å². The van der Waals surface area contributed by atoms with Gasteiger partial charge < -0.3 is 16.8 Å². The number of hydrogen-bond donors (Lipinski definition) is 4. The highest BCUT2D eigenvalue weighted by molar-refractivity contribution is 7.93. The number of nitrogens with one attached hydrogen (secondary N) is 2. The predicted octanol–water partition coefficient (Wildman–Crippen LogP) is 2.12. The molecule has 29 heavy (non-hydrogen) atoms. The number of halogens is 2. The number of benzene rings is 1. The molecule has 160 valence electrons. The first-order valence-electron chi connectivity index (χ1n) is 9.22. The van der Waals surface area contributed by atoms with Crippen molar-refractivity contribution in [2.45, 2.75) is 43.2 Å². The van der Waals surface area contributed by atoms with Crippen LogP contribution in [0.2, 0.25) is 0 Å². The summed E-state index contributed by atoms with van der Waals surface area (Å²) >= 11 is 0.780. The summed E-state index contributed by atoms with van der Waals surface area (Å²) < 4.78 is 59.3. The highest BCUT2D eigenvalue weighted by Gasteiger charge is 2.32. The van der Waals surface area contributed by atoms with E-state index in [4.69, 9.17) is 11.5 Å². The van der Waals surface area contributed by atoms with Crippen LogP contribution in [0.1, 0.15) is 26.2 Å². The van der Waals surface area contributed by atoms with Crippen LogP contribution in [0, 0.1) is 23.5 Å². The fourth-order valence-corrected chi connectivity index (χ4v) is 5.07. The van der Waals surface area contributed by atoms with E-state index >= 15 is 0 Å². The van der Waals surface area contributed by atoms with E-state index in [0.717, 1.165) is 43.2 Å². The molecule has 1 aromatic heterocycles. The molecular formula is C17H24F2N6O2S2. The summed E-state index contributed by atoms with van der Waals surface area (Å²) in [6.07, 6.45) is 4.37. The quantitative estimate of drug-likeness (QED) is 0.463. The third-order valence-corrected chi connectivity index (χ3v) is 7.35. The Morgan fingerprint density at radius 1 is 1.28 bits per heavy atom. The van der Waals surface area contributed by atoms with Gasteiger partial charge in [0.1, 0.15) is 22.9 Å². The van der Waals surface area contributed by atoms with Gasteiger partial charge in [0.25, 0.3) is 10.0 Å². The van der Waals surface area contributed by atoms with Gasteiger partial charge in [0.15, 0.2) is 0 Å². The Morgan fingerprint density at radius 2 is 2.00 bits per heavy atom. The molecule has 1 aromatic carbocycles. The standard InChI is InChI=1S/C17H24F2N6O2S2/c1-9(20)11(16(21)10-3-2-4-10)7-22-14-5-13(19)15(6-12(14)18)29(26,27)25-17-23-8-24-28-17/h5-6,8-11,16,22H,2-4,7,20-21H2,1H3,(H,23,24,25)/t9-,11?,16?/m1/s1. The van der Waals surface area contributed by atoms with Crippen LogP contribution < -0.4 is 21.5 Å². The van der Waals surface area contributed by atoms with Gasteiger partial charge in [-0.05, 0) is 31.7 Å². The van der Waals surface area contributed by atoms with E-state index in [1.165, 1.54) is 0 Å². The summed E-state index contributed by atoms with van der Waals surface area (Å²) in [4.78, 5) is 2.85. The first-order valence-corrected chi connectivity index (χ1v) is 11.5. The molecule has 1 aliphatic carbocycles. The van der Waals surface area contributed by atoms with Gasteiger partial charge in [-0.2, -0.15) is 4.37 Å². The van der Waals surface area contributed by atoms with Gasteiger partial charge in [-0.3, -0.25) is 4.72 Å². The average Bonchev–Trinajstić information content (AvgIpc) is 3.07. The summed E-state index contributed by atoms with van der Waals surface area (Å²) in [6.45, 7) is 2.08. The maximum Gasteiger partial charge on any atom is 0.266 e. The highest BCUT2D eigenvalue weighted by Crippen LogP contribution is 2.33. The number of anilines is 2. The predicted molar refractivity (Wildman–Crippen MR) is 108 cm³/mol. The zero-order valence-electron chi connectivity index (χ0n) is 15.8. The Balaban J connectivity index is 1.74. The van der Waals surface area contributed by atoms with Gasteiger partial charge in [0, 0.05) is 42.1 Å². The van der Waals surface area contributed by atoms with E-state index in [1.54, 1.807) is 0 Å². The van der Waals surface area contributed by atoms with Gasteiger partial charge in [-0.25, -0.2) is 22.2 Å². The molecule has 12 heteroatoms. The Bertz CT molecular complexity index is 936. The first-order chi connectivity index (χ1) is 13.7. The van der Waals surface area contributed by atoms with Crippen LogP contribution in [0.4, 0.5) is 19.6 Å². The van der Waals surface area contributed by atoms with Crippen molar-refractivity contribution in [2.75, 3.05) is 16.6 Å². The van der Waals surface area contributed by atoms with Crippen LogP contribution in [0.5, 0.6) is 0 Å². The van der Waals surface area contributed by atoms with Crippen LogP contribution in [0.15, 0.2) is 23.4 Å². The zero-order chi connectivity index (χ0) is 21.2. The molecule has 3 atom stereocenters. The molecule has 6 N–H and O–H groups in total. The molecular weight excluding hydrogens is 422 g/mol. The third kappa shape index (κ3) is 5.00. The van der Waals surface area contributed by atoms with Gasteiger partial charge in [-0.1, -0.05) is 6.42 Å². The topological polar surface area (TPSA) is 136 Å².